The van der Waals surface area contributed by atoms with Crippen LogP contribution < -0.4 is 10.6 Å². The highest BCUT2D eigenvalue weighted by molar-refractivity contribution is 7.19. The van der Waals surface area contributed by atoms with Crippen molar-refractivity contribution in [3.63, 3.8) is 0 Å². The van der Waals surface area contributed by atoms with Crippen LogP contribution in [0.4, 0.5) is 0 Å². The average Bonchev–Trinajstić information content (AvgIpc) is 3.17. The monoisotopic (exact) mass is 411 g/mol. The fraction of sp³-hybridized carbons (Fsp3) is 0.348. The van der Waals surface area contributed by atoms with Crippen LogP contribution in [-0.4, -0.2) is 30.8 Å². The zero-order chi connectivity index (χ0) is 20.6. The van der Waals surface area contributed by atoms with Crippen molar-refractivity contribution in [2.24, 2.45) is 4.99 Å². The molecule has 5 nitrogen and oxygen atoms in total. The molecule has 3 rings (SSSR count). The molecule has 154 valence electrons. The fourth-order valence-electron chi connectivity index (χ4n) is 2.88. The average molecular weight is 412 g/mol. The maximum Gasteiger partial charge on any atom is 0.191 e. The van der Waals surface area contributed by atoms with Crippen LogP contribution in [0.25, 0.3) is 10.1 Å². The Bertz CT molecular complexity index is 902. The number of ether oxygens (including phenoxy) is 1. The van der Waals surface area contributed by atoms with Gasteiger partial charge in [-0.25, -0.2) is 0 Å². The molecule has 3 aromatic rings. The number of aliphatic hydroxyl groups excluding tert-OH is 1. The van der Waals surface area contributed by atoms with E-state index in [1.165, 1.54) is 4.70 Å². The molecular weight excluding hydrogens is 382 g/mol. The van der Waals surface area contributed by atoms with Gasteiger partial charge in [-0.15, -0.1) is 11.3 Å². The van der Waals surface area contributed by atoms with Crippen molar-refractivity contribution in [1.29, 1.82) is 0 Å². The summed E-state index contributed by atoms with van der Waals surface area (Å²) in [5, 5.41) is 18.2. The summed E-state index contributed by atoms with van der Waals surface area (Å²) in [4.78, 5) is 5.20. The number of nitrogens with zero attached hydrogens (tertiary/aromatic N) is 1. The number of rotatable bonds is 8. The molecule has 0 aliphatic rings. The first-order valence-corrected chi connectivity index (χ1v) is 10.7. The van der Waals surface area contributed by atoms with Crippen molar-refractivity contribution in [3.05, 3.63) is 70.6 Å². The summed E-state index contributed by atoms with van der Waals surface area (Å²) >= 11 is 1.62. The van der Waals surface area contributed by atoms with Gasteiger partial charge in [-0.2, -0.15) is 0 Å². The van der Waals surface area contributed by atoms with Gasteiger partial charge in [0.1, 0.15) is 6.10 Å². The quantitative estimate of drug-likeness (QED) is 0.383. The van der Waals surface area contributed by atoms with E-state index in [1.807, 2.05) is 32.0 Å². The lowest BCUT2D eigenvalue weighted by molar-refractivity contribution is 0.0657. The second-order valence-corrected chi connectivity index (χ2v) is 8.30. The molecule has 3 N–H and O–H groups in total. The molecule has 0 aliphatic heterocycles. The minimum absolute atomic E-state index is 0.230. The largest absolute Gasteiger partial charge is 0.386 e. The first-order valence-electron chi connectivity index (χ1n) is 9.85. The van der Waals surface area contributed by atoms with E-state index >= 15 is 0 Å². The fourth-order valence-corrected chi connectivity index (χ4v) is 3.93. The summed E-state index contributed by atoms with van der Waals surface area (Å²) in [5.74, 6) is 0.664. The molecule has 0 bridgehead atoms. The molecular formula is C23H29N3O2S. The van der Waals surface area contributed by atoms with Gasteiger partial charge in [-0.1, -0.05) is 42.5 Å². The summed E-state index contributed by atoms with van der Waals surface area (Å²) in [5.41, 5.74) is 2.32. The minimum Gasteiger partial charge on any atom is -0.386 e. The first kappa shape index (κ1) is 21.3. The van der Waals surface area contributed by atoms with Crippen LogP contribution in [-0.2, 0) is 17.9 Å². The Labute approximate surface area is 176 Å². The highest BCUT2D eigenvalue weighted by atomic mass is 32.1. The van der Waals surface area contributed by atoms with Crippen molar-refractivity contribution in [1.82, 2.24) is 10.6 Å². The topological polar surface area (TPSA) is 65.9 Å². The van der Waals surface area contributed by atoms with Crippen LogP contribution >= 0.6 is 11.3 Å². The molecule has 0 saturated carbocycles. The zero-order valence-electron chi connectivity index (χ0n) is 17.2. The molecule has 0 saturated heterocycles. The second kappa shape index (κ2) is 10.4. The molecule has 6 heteroatoms. The third kappa shape index (κ3) is 6.29. The van der Waals surface area contributed by atoms with E-state index < -0.39 is 6.10 Å². The first-order chi connectivity index (χ1) is 14.0. The Hall–Kier alpha value is -2.41. The maximum atomic E-state index is 10.5. The van der Waals surface area contributed by atoms with Crippen LogP contribution in [0.3, 0.4) is 0 Å². The summed E-state index contributed by atoms with van der Waals surface area (Å²) < 4.78 is 6.81. The third-order valence-corrected chi connectivity index (χ3v) is 5.74. The number of guanidine groups is 1. The Balaban J connectivity index is 1.47. The standard InChI is InChI=1S/C23H29N3O2S/c1-16(2)28-15-18-10-8-17(9-11-18)13-25-23(24-3)26-14-20(27)22-12-19-6-4-5-7-21(19)29-22/h4-12,16,20,27H,13-15H2,1-3H3,(H2,24,25,26). The van der Waals surface area contributed by atoms with Crippen molar-refractivity contribution in [2.75, 3.05) is 13.6 Å². The van der Waals surface area contributed by atoms with Gasteiger partial charge in [-0.3, -0.25) is 4.99 Å². The summed E-state index contributed by atoms with van der Waals surface area (Å²) in [6, 6.07) is 18.6. The lowest BCUT2D eigenvalue weighted by Crippen LogP contribution is -2.38. The highest BCUT2D eigenvalue weighted by Crippen LogP contribution is 2.29. The van der Waals surface area contributed by atoms with Gasteiger partial charge in [0.15, 0.2) is 5.96 Å². The van der Waals surface area contributed by atoms with E-state index in [-0.39, 0.29) is 6.10 Å². The lowest BCUT2D eigenvalue weighted by atomic mass is 10.1. The van der Waals surface area contributed by atoms with E-state index in [2.05, 4.69) is 52.0 Å². The van der Waals surface area contributed by atoms with Crippen LogP contribution in [0.15, 0.2) is 59.6 Å². The molecule has 0 radical (unpaired) electrons. The number of hydrogen-bond acceptors (Lipinski definition) is 4. The van der Waals surface area contributed by atoms with Crippen molar-refractivity contribution < 1.29 is 9.84 Å². The van der Waals surface area contributed by atoms with Gasteiger partial charge in [0, 0.05) is 29.7 Å². The second-order valence-electron chi connectivity index (χ2n) is 7.19. The molecule has 1 unspecified atom stereocenters. The van der Waals surface area contributed by atoms with Crippen LogP contribution in [0, 0.1) is 0 Å². The Morgan fingerprint density at radius 3 is 2.48 bits per heavy atom. The van der Waals surface area contributed by atoms with Crippen LogP contribution in [0.1, 0.15) is 36.0 Å². The summed E-state index contributed by atoms with van der Waals surface area (Å²) in [6.07, 6.45) is -0.347. The Kier molecular flexibility index (Phi) is 7.63. The van der Waals surface area contributed by atoms with Crippen molar-refractivity contribution in [3.8, 4) is 0 Å². The van der Waals surface area contributed by atoms with Gasteiger partial charge < -0.3 is 20.5 Å². The summed E-state index contributed by atoms with van der Waals surface area (Å²) in [6.45, 7) is 5.76. The van der Waals surface area contributed by atoms with Gasteiger partial charge in [0.05, 0.1) is 12.7 Å². The maximum absolute atomic E-state index is 10.5. The van der Waals surface area contributed by atoms with Gasteiger partial charge in [-0.05, 0) is 42.5 Å². The highest BCUT2D eigenvalue weighted by Gasteiger charge is 2.12. The molecule has 0 spiro atoms. The number of nitrogens with one attached hydrogen (secondary N) is 2. The number of aliphatic imine (C=N–C) groups is 1. The predicted molar refractivity (Wildman–Crippen MR) is 121 cm³/mol. The third-order valence-electron chi connectivity index (χ3n) is 4.53. The molecule has 0 aliphatic carbocycles. The van der Waals surface area contributed by atoms with Gasteiger partial charge >= 0.3 is 0 Å². The van der Waals surface area contributed by atoms with E-state index in [0.29, 0.717) is 25.7 Å². The zero-order valence-corrected chi connectivity index (χ0v) is 18.0. The Morgan fingerprint density at radius 1 is 1.07 bits per heavy atom. The van der Waals surface area contributed by atoms with Crippen LogP contribution in [0.5, 0.6) is 0 Å². The number of thiophene rings is 1. The van der Waals surface area contributed by atoms with Gasteiger partial charge in [0.2, 0.25) is 0 Å². The molecule has 1 atom stereocenters. The number of fused-ring (bicyclic) bond motifs is 1. The van der Waals surface area contributed by atoms with Gasteiger partial charge in [0.25, 0.3) is 0 Å². The molecule has 2 aromatic carbocycles. The molecule has 1 heterocycles. The van der Waals surface area contributed by atoms with E-state index in [1.54, 1.807) is 18.4 Å². The van der Waals surface area contributed by atoms with Crippen molar-refractivity contribution in [2.45, 2.75) is 39.2 Å². The summed E-state index contributed by atoms with van der Waals surface area (Å²) in [7, 11) is 1.73. The molecule has 29 heavy (non-hydrogen) atoms. The molecule has 0 fully saturated rings. The van der Waals surface area contributed by atoms with Crippen LogP contribution in [0.2, 0.25) is 0 Å². The van der Waals surface area contributed by atoms with Crippen molar-refractivity contribution >= 4 is 27.4 Å². The molecule has 0 amide bonds. The molecule has 1 aromatic heterocycles. The predicted octanol–water partition coefficient (Wildman–Crippen LogP) is 4.22. The lowest BCUT2D eigenvalue weighted by Gasteiger charge is -2.15. The smallest absolute Gasteiger partial charge is 0.191 e. The number of benzene rings is 2. The van der Waals surface area contributed by atoms with E-state index in [4.69, 9.17) is 4.74 Å². The minimum atomic E-state index is -0.578. The Morgan fingerprint density at radius 2 is 1.79 bits per heavy atom. The SMILES string of the molecule is CN=C(NCc1ccc(COC(C)C)cc1)NCC(O)c1cc2ccccc2s1. The number of hydrogen-bond donors (Lipinski definition) is 3. The van der Waals surface area contributed by atoms with E-state index in [9.17, 15) is 5.11 Å². The normalized spacial score (nSPS) is 13.1. The van der Waals surface area contributed by atoms with E-state index in [0.717, 1.165) is 21.4 Å². The number of aliphatic hydroxyl groups is 1.